The van der Waals surface area contributed by atoms with Gasteiger partial charge in [-0.25, -0.2) is 10.1 Å². The Labute approximate surface area is 92.9 Å². The lowest BCUT2D eigenvalue weighted by molar-refractivity contribution is -0.433. The van der Waals surface area contributed by atoms with Gasteiger partial charge in [0.25, 0.3) is 0 Å². The number of carbonyl (C=O) groups is 2. The molecule has 0 aromatic rings. The number of carbonyl (C=O) groups excluding carboxylic acids is 2. The van der Waals surface area contributed by atoms with Crippen LogP contribution < -0.4 is 0 Å². The second-order valence-electron chi connectivity index (χ2n) is 3.00. The average Bonchev–Trinajstić information content (AvgIpc) is 2.61. The summed E-state index contributed by atoms with van der Waals surface area (Å²) in [6.07, 6.45) is -0.157. The highest BCUT2D eigenvalue weighted by Gasteiger charge is 2.46. The fraction of sp³-hybridized carbons (Fsp3) is 0.714. The summed E-state index contributed by atoms with van der Waals surface area (Å²) in [5.74, 6) is -2.29. The van der Waals surface area contributed by atoms with Crippen molar-refractivity contribution in [3.8, 4) is 0 Å². The van der Waals surface area contributed by atoms with Crippen molar-refractivity contribution in [1.29, 1.82) is 0 Å². The fourth-order valence-electron chi connectivity index (χ4n) is 1.20. The van der Waals surface area contributed by atoms with Crippen molar-refractivity contribution in [3.63, 3.8) is 0 Å². The van der Waals surface area contributed by atoms with Crippen LogP contribution in [0.1, 0.15) is 19.3 Å². The number of alkyl halides is 2. The van der Waals surface area contributed by atoms with Gasteiger partial charge in [0.05, 0.1) is 0 Å². The Hall–Kier alpha value is -0.770. The van der Waals surface area contributed by atoms with Crippen LogP contribution in [0.2, 0.25) is 0 Å². The number of hydrogen-bond acceptors (Lipinski definition) is 7. The zero-order valence-electron chi connectivity index (χ0n) is 7.85. The van der Waals surface area contributed by atoms with E-state index in [2.05, 4.69) is 14.1 Å². The van der Waals surface area contributed by atoms with E-state index in [4.69, 9.17) is 5.26 Å². The van der Waals surface area contributed by atoms with Crippen LogP contribution in [0, 0.1) is 0 Å². The summed E-state index contributed by atoms with van der Waals surface area (Å²) in [5.41, 5.74) is 0. The lowest BCUT2D eigenvalue weighted by Crippen LogP contribution is -2.33. The Morgan fingerprint density at radius 1 is 1.56 bits per heavy atom. The number of ether oxygens (including phenoxy) is 1. The molecule has 16 heavy (non-hydrogen) atoms. The van der Waals surface area contributed by atoms with Crippen LogP contribution in [0.3, 0.4) is 0 Å². The molecule has 6 nitrogen and oxygen atoms in total. The second kappa shape index (κ2) is 5.53. The standard InChI is InChI=1S/C7H8F2O6S/c8-7(9,16-15-14-12)6(11)13-5-3-1-2-4(5)10/h5,12H,1-3H2. The molecule has 0 heterocycles. The van der Waals surface area contributed by atoms with Crippen LogP contribution in [0.4, 0.5) is 8.78 Å². The van der Waals surface area contributed by atoms with Gasteiger partial charge >= 0.3 is 11.2 Å². The Morgan fingerprint density at radius 3 is 2.75 bits per heavy atom. The highest BCUT2D eigenvalue weighted by atomic mass is 32.2. The van der Waals surface area contributed by atoms with Gasteiger partial charge in [0, 0.05) is 6.42 Å². The molecule has 9 heteroatoms. The predicted molar refractivity (Wildman–Crippen MR) is 46.1 cm³/mol. The quantitative estimate of drug-likeness (QED) is 0.344. The predicted octanol–water partition coefficient (Wildman–Crippen LogP) is 1.31. The van der Waals surface area contributed by atoms with Gasteiger partial charge in [-0.1, -0.05) is 5.04 Å². The Balaban J connectivity index is 2.47. The van der Waals surface area contributed by atoms with Gasteiger partial charge in [-0.2, -0.15) is 8.78 Å². The third kappa shape index (κ3) is 3.37. The monoisotopic (exact) mass is 258 g/mol. The molecule has 1 N–H and O–H groups in total. The molecular weight excluding hydrogens is 250 g/mol. The minimum absolute atomic E-state index is 0.215. The molecule has 0 bridgehead atoms. The van der Waals surface area contributed by atoms with Gasteiger partial charge in [0.1, 0.15) is 12.0 Å². The van der Waals surface area contributed by atoms with Crippen molar-refractivity contribution in [3.05, 3.63) is 0 Å². The molecule has 0 aromatic carbocycles. The summed E-state index contributed by atoms with van der Waals surface area (Å²) in [6, 6.07) is 0. The molecule has 1 rings (SSSR count). The topological polar surface area (TPSA) is 82.1 Å². The molecule has 92 valence electrons. The smallest absolute Gasteiger partial charge is 0.415 e. The van der Waals surface area contributed by atoms with E-state index in [0.29, 0.717) is 6.42 Å². The van der Waals surface area contributed by atoms with Crippen LogP contribution in [0.25, 0.3) is 0 Å². The van der Waals surface area contributed by atoms with Crippen molar-refractivity contribution < 1.29 is 37.7 Å². The number of rotatable bonds is 5. The maximum atomic E-state index is 12.8. The summed E-state index contributed by atoms with van der Waals surface area (Å²) in [7, 11) is 0. The van der Waals surface area contributed by atoms with E-state index in [1.807, 2.05) is 0 Å². The first-order valence-electron chi connectivity index (χ1n) is 4.25. The van der Waals surface area contributed by atoms with E-state index < -0.39 is 29.4 Å². The summed E-state index contributed by atoms with van der Waals surface area (Å²) in [4.78, 5) is 21.9. The van der Waals surface area contributed by atoms with E-state index in [1.165, 1.54) is 0 Å². The van der Waals surface area contributed by atoms with Crippen molar-refractivity contribution in [1.82, 2.24) is 0 Å². The number of Topliss-reactive ketones (excluding diaryl/α,β-unsaturated/α-hetero) is 1. The van der Waals surface area contributed by atoms with Gasteiger partial charge in [-0.15, -0.1) is 4.33 Å². The van der Waals surface area contributed by atoms with Crippen LogP contribution in [-0.4, -0.2) is 28.4 Å². The average molecular weight is 258 g/mol. The first-order valence-corrected chi connectivity index (χ1v) is 4.99. The number of esters is 1. The Kier molecular flexibility index (Phi) is 4.59. The molecule has 0 amide bonds. The lowest BCUT2D eigenvalue weighted by Gasteiger charge is -2.15. The van der Waals surface area contributed by atoms with Crippen molar-refractivity contribution in [2.24, 2.45) is 0 Å². The first-order chi connectivity index (χ1) is 7.47. The second-order valence-corrected chi connectivity index (χ2v) is 3.81. The van der Waals surface area contributed by atoms with E-state index in [1.54, 1.807) is 0 Å². The van der Waals surface area contributed by atoms with Gasteiger partial charge in [-0.3, -0.25) is 4.79 Å². The van der Waals surface area contributed by atoms with E-state index in [-0.39, 0.29) is 18.6 Å². The first kappa shape index (κ1) is 13.3. The molecule has 0 radical (unpaired) electrons. The summed E-state index contributed by atoms with van der Waals surface area (Å²) in [5, 5.41) is 6.53. The van der Waals surface area contributed by atoms with E-state index in [9.17, 15) is 18.4 Å². The van der Waals surface area contributed by atoms with Gasteiger partial charge in [0.2, 0.25) is 0 Å². The zero-order valence-corrected chi connectivity index (χ0v) is 8.67. The van der Waals surface area contributed by atoms with Crippen LogP contribution in [-0.2, 0) is 23.7 Å². The number of halogens is 2. The van der Waals surface area contributed by atoms with Gasteiger partial charge in [0.15, 0.2) is 11.9 Å². The van der Waals surface area contributed by atoms with Crippen LogP contribution in [0.15, 0.2) is 0 Å². The Morgan fingerprint density at radius 2 is 2.25 bits per heavy atom. The summed E-state index contributed by atoms with van der Waals surface area (Å²) in [6.45, 7) is 0. The maximum Gasteiger partial charge on any atom is 0.415 e. The zero-order chi connectivity index (χ0) is 12.2. The van der Waals surface area contributed by atoms with E-state index >= 15 is 0 Å². The van der Waals surface area contributed by atoms with E-state index in [0.717, 1.165) is 0 Å². The highest BCUT2D eigenvalue weighted by Crippen LogP contribution is 2.32. The van der Waals surface area contributed by atoms with Crippen molar-refractivity contribution >= 4 is 23.8 Å². The molecule has 0 aliphatic heterocycles. The normalized spacial score (nSPS) is 21.2. The third-order valence-corrected chi connectivity index (χ3v) is 2.41. The molecule has 1 unspecified atom stereocenters. The third-order valence-electron chi connectivity index (χ3n) is 1.90. The molecule has 1 aliphatic rings. The fourth-order valence-corrected chi connectivity index (χ4v) is 1.43. The van der Waals surface area contributed by atoms with Crippen LogP contribution in [0.5, 0.6) is 0 Å². The molecule has 1 saturated carbocycles. The minimum Gasteiger partial charge on any atom is -0.449 e. The SMILES string of the molecule is O=C1CCCC1OC(=O)C(F)(F)SOOO. The van der Waals surface area contributed by atoms with Crippen LogP contribution >= 0.6 is 12.0 Å². The largest absolute Gasteiger partial charge is 0.449 e. The molecule has 0 saturated heterocycles. The van der Waals surface area contributed by atoms with Crippen molar-refractivity contribution in [2.45, 2.75) is 30.6 Å². The molecule has 1 aliphatic carbocycles. The summed E-state index contributed by atoms with van der Waals surface area (Å²) >= 11 is -0.720. The number of ketones is 1. The van der Waals surface area contributed by atoms with Crippen molar-refractivity contribution in [2.75, 3.05) is 0 Å². The minimum atomic E-state index is -4.05. The van der Waals surface area contributed by atoms with Gasteiger partial charge in [-0.05, 0) is 12.8 Å². The molecule has 0 spiro atoms. The maximum absolute atomic E-state index is 12.8. The molecule has 0 aromatic heterocycles. The molecule has 1 atom stereocenters. The molecule has 1 fully saturated rings. The number of hydrogen-bond donors (Lipinski definition) is 1. The lowest BCUT2D eigenvalue weighted by atomic mass is 10.3. The summed E-state index contributed by atoms with van der Waals surface area (Å²) < 4.78 is 33.4. The van der Waals surface area contributed by atoms with Gasteiger partial charge < -0.3 is 4.74 Å². The highest BCUT2D eigenvalue weighted by molar-refractivity contribution is 7.96. The molecular formula is C7H8F2O6S. The Bertz CT molecular complexity index is 284.